The van der Waals surface area contributed by atoms with E-state index >= 15 is 0 Å². The van der Waals surface area contributed by atoms with Gasteiger partial charge >= 0.3 is 0 Å². The van der Waals surface area contributed by atoms with Gasteiger partial charge in [-0.05, 0) is 49.1 Å². The summed E-state index contributed by atoms with van der Waals surface area (Å²) in [6.07, 6.45) is 2.43. The molecule has 5 nitrogen and oxygen atoms in total. The van der Waals surface area contributed by atoms with E-state index in [2.05, 4.69) is 5.32 Å². The maximum absolute atomic E-state index is 13.1. The van der Waals surface area contributed by atoms with Gasteiger partial charge in [-0.15, -0.1) is 0 Å². The summed E-state index contributed by atoms with van der Waals surface area (Å²) >= 11 is 0. The maximum atomic E-state index is 13.1. The first-order chi connectivity index (χ1) is 12.9. The molecule has 3 rings (SSSR count). The summed E-state index contributed by atoms with van der Waals surface area (Å²) in [5.41, 5.74) is 1.09. The average molecular weight is 390 g/mol. The molecule has 0 spiro atoms. The first-order valence-corrected chi connectivity index (χ1v) is 10.5. The molecule has 0 radical (unpaired) electrons. The van der Waals surface area contributed by atoms with E-state index in [-0.39, 0.29) is 23.4 Å². The van der Waals surface area contributed by atoms with Crippen LogP contribution in [0.15, 0.2) is 59.5 Å². The molecule has 0 bridgehead atoms. The summed E-state index contributed by atoms with van der Waals surface area (Å²) < 4.78 is 39.9. The van der Waals surface area contributed by atoms with Gasteiger partial charge in [-0.1, -0.05) is 30.3 Å². The lowest BCUT2D eigenvalue weighted by Crippen LogP contribution is -2.49. The third-order valence-electron chi connectivity index (χ3n) is 4.68. The van der Waals surface area contributed by atoms with Crippen molar-refractivity contribution in [2.45, 2.75) is 36.6 Å². The van der Waals surface area contributed by atoms with Gasteiger partial charge in [-0.2, -0.15) is 4.31 Å². The summed E-state index contributed by atoms with van der Waals surface area (Å²) in [5, 5.41) is 2.95. The van der Waals surface area contributed by atoms with Crippen LogP contribution in [0.25, 0.3) is 0 Å². The Kier molecular flexibility index (Phi) is 6.23. The Morgan fingerprint density at radius 2 is 1.81 bits per heavy atom. The van der Waals surface area contributed by atoms with Crippen molar-refractivity contribution in [2.75, 3.05) is 13.1 Å². The van der Waals surface area contributed by atoms with E-state index in [1.807, 2.05) is 30.3 Å². The van der Waals surface area contributed by atoms with Crippen LogP contribution in [-0.2, 0) is 21.2 Å². The molecule has 1 fully saturated rings. The van der Waals surface area contributed by atoms with Crippen molar-refractivity contribution in [3.8, 4) is 0 Å². The lowest BCUT2D eigenvalue weighted by molar-refractivity contribution is -0.122. The van der Waals surface area contributed by atoms with Crippen molar-refractivity contribution < 1.29 is 17.6 Å². The Morgan fingerprint density at radius 1 is 1.11 bits per heavy atom. The zero-order valence-corrected chi connectivity index (χ0v) is 15.8. The lowest BCUT2D eigenvalue weighted by atomic mass is 10.1. The van der Waals surface area contributed by atoms with Crippen molar-refractivity contribution in [2.24, 2.45) is 0 Å². The predicted octanol–water partition coefficient (Wildman–Crippen LogP) is 2.73. The number of halogens is 1. The van der Waals surface area contributed by atoms with Crippen molar-refractivity contribution >= 4 is 15.9 Å². The third-order valence-corrected chi connectivity index (χ3v) is 6.56. The second-order valence-electron chi connectivity index (χ2n) is 6.71. The summed E-state index contributed by atoms with van der Waals surface area (Å²) in [7, 11) is -3.69. The summed E-state index contributed by atoms with van der Waals surface area (Å²) in [4.78, 5) is 12.3. The van der Waals surface area contributed by atoms with Crippen LogP contribution in [0.2, 0.25) is 0 Å². The highest BCUT2D eigenvalue weighted by atomic mass is 32.2. The number of rotatable bonds is 6. The largest absolute Gasteiger partial charge is 0.352 e. The van der Waals surface area contributed by atoms with Crippen LogP contribution in [0.5, 0.6) is 0 Å². The number of piperidine rings is 1. The van der Waals surface area contributed by atoms with Gasteiger partial charge in [0, 0.05) is 25.6 Å². The van der Waals surface area contributed by atoms with E-state index < -0.39 is 15.8 Å². The standard InChI is InChI=1S/C20H23FN2O3S/c21-17-9-11-19(12-10-17)27(25,26)23-14-4-7-18(15-23)22-20(24)13-8-16-5-2-1-3-6-16/h1-3,5-6,9-12,18H,4,7-8,13-15H2,(H,22,24). The zero-order valence-electron chi connectivity index (χ0n) is 15.0. The molecule has 0 aromatic heterocycles. The molecule has 2 aromatic carbocycles. The summed E-state index contributed by atoms with van der Waals surface area (Å²) in [6.45, 7) is 0.632. The van der Waals surface area contributed by atoms with Gasteiger partial charge in [0.2, 0.25) is 15.9 Å². The van der Waals surface area contributed by atoms with Crippen molar-refractivity contribution in [1.82, 2.24) is 9.62 Å². The summed E-state index contributed by atoms with van der Waals surface area (Å²) in [5.74, 6) is -0.555. The Morgan fingerprint density at radius 3 is 2.52 bits per heavy atom. The van der Waals surface area contributed by atoms with Crippen LogP contribution < -0.4 is 5.32 Å². The van der Waals surface area contributed by atoms with Gasteiger partial charge in [0.25, 0.3) is 0 Å². The van der Waals surface area contributed by atoms with Crippen LogP contribution >= 0.6 is 0 Å². The van der Waals surface area contributed by atoms with Gasteiger partial charge in [-0.3, -0.25) is 4.79 Å². The fourth-order valence-corrected chi connectivity index (χ4v) is 4.76. The first-order valence-electron chi connectivity index (χ1n) is 9.04. The molecular weight excluding hydrogens is 367 g/mol. The number of sulfonamides is 1. The van der Waals surface area contributed by atoms with Crippen molar-refractivity contribution in [1.29, 1.82) is 0 Å². The van der Waals surface area contributed by atoms with Gasteiger partial charge in [0.15, 0.2) is 0 Å². The van der Waals surface area contributed by atoms with E-state index in [1.165, 1.54) is 16.4 Å². The smallest absolute Gasteiger partial charge is 0.243 e. The van der Waals surface area contributed by atoms with Crippen molar-refractivity contribution in [3.05, 3.63) is 66.0 Å². The molecule has 1 unspecified atom stereocenters. The minimum absolute atomic E-state index is 0.0694. The molecule has 1 saturated heterocycles. The van der Waals surface area contributed by atoms with E-state index in [0.29, 0.717) is 25.8 Å². The quantitative estimate of drug-likeness (QED) is 0.825. The topological polar surface area (TPSA) is 66.5 Å². The van der Waals surface area contributed by atoms with Crippen LogP contribution in [0.3, 0.4) is 0 Å². The minimum Gasteiger partial charge on any atom is -0.352 e. The van der Waals surface area contributed by atoms with Crippen LogP contribution in [0.1, 0.15) is 24.8 Å². The number of carbonyl (C=O) groups is 1. The minimum atomic E-state index is -3.69. The number of aryl methyl sites for hydroxylation is 1. The molecule has 27 heavy (non-hydrogen) atoms. The number of amides is 1. The third kappa shape index (κ3) is 5.14. The molecule has 0 saturated carbocycles. The van der Waals surface area contributed by atoms with E-state index in [9.17, 15) is 17.6 Å². The lowest BCUT2D eigenvalue weighted by Gasteiger charge is -2.32. The molecular formula is C20H23FN2O3S. The molecule has 0 aliphatic carbocycles. The normalized spacial score (nSPS) is 18.2. The molecule has 1 N–H and O–H groups in total. The Hall–Kier alpha value is -2.25. The van der Waals surface area contributed by atoms with Crippen LogP contribution in [0, 0.1) is 5.82 Å². The summed E-state index contributed by atoms with van der Waals surface area (Å²) in [6, 6.07) is 14.4. The fourth-order valence-electron chi connectivity index (χ4n) is 3.24. The van der Waals surface area contributed by atoms with Gasteiger partial charge < -0.3 is 5.32 Å². The Bertz CT molecular complexity index is 870. The second-order valence-corrected chi connectivity index (χ2v) is 8.65. The van der Waals surface area contributed by atoms with Crippen LogP contribution in [-0.4, -0.2) is 37.8 Å². The molecule has 144 valence electrons. The van der Waals surface area contributed by atoms with Gasteiger partial charge in [0.05, 0.1) is 4.90 Å². The number of hydrogen-bond acceptors (Lipinski definition) is 3. The number of benzene rings is 2. The number of nitrogens with zero attached hydrogens (tertiary/aromatic N) is 1. The maximum Gasteiger partial charge on any atom is 0.243 e. The molecule has 1 atom stereocenters. The molecule has 1 amide bonds. The molecule has 2 aromatic rings. The van der Waals surface area contributed by atoms with Crippen LogP contribution in [0.4, 0.5) is 4.39 Å². The van der Waals surface area contributed by atoms with E-state index in [1.54, 1.807) is 0 Å². The highest BCUT2D eigenvalue weighted by Crippen LogP contribution is 2.21. The molecule has 1 heterocycles. The highest BCUT2D eigenvalue weighted by molar-refractivity contribution is 7.89. The van der Waals surface area contributed by atoms with E-state index in [4.69, 9.17) is 0 Å². The van der Waals surface area contributed by atoms with Crippen molar-refractivity contribution in [3.63, 3.8) is 0 Å². The highest BCUT2D eigenvalue weighted by Gasteiger charge is 2.30. The molecule has 7 heteroatoms. The second kappa shape index (κ2) is 8.63. The fraction of sp³-hybridized carbons (Fsp3) is 0.350. The van der Waals surface area contributed by atoms with Gasteiger partial charge in [0.1, 0.15) is 5.82 Å². The molecule has 1 aliphatic heterocycles. The number of carbonyl (C=O) groups excluding carboxylic acids is 1. The van der Waals surface area contributed by atoms with Gasteiger partial charge in [-0.25, -0.2) is 12.8 Å². The Balaban J connectivity index is 1.57. The number of hydrogen-bond donors (Lipinski definition) is 1. The SMILES string of the molecule is O=C(CCc1ccccc1)NC1CCCN(S(=O)(=O)c2ccc(F)cc2)C1. The first kappa shape index (κ1) is 19.5. The monoisotopic (exact) mass is 390 g/mol. The molecule has 1 aliphatic rings. The van der Waals surface area contributed by atoms with E-state index in [0.717, 1.165) is 24.1 Å². The Labute approximate surface area is 159 Å². The zero-order chi connectivity index (χ0) is 19.3. The number of nitrogens with one attached hydrogen (secondary N) is 1. The predicted molar refractivity (Wildman–Crippen MR) is 101 cm³/mol. The average Bonchev–Trinajstić information content (AvgIpc) is 2.68.